The maximum Gasteiger partial charge on any atom is 0.274 e. The van der Waals surface area contributed by atoms with Crippen molar-refractivity contribution in [1.29, 1.82) is 0 Å². The highest BCUT2D eigenvalue weighted by molar-refractivity contribution is 5.65. The summed E-state index contributed by atoms with van der Waals surface area (Å²) in [5, 5.41) is 4.15. The topological polar surface area (TPSA) is 69.9 Å². The van der Waals surface area contributed by atoms with Crippen LogP contribution in [0, 0.1) is 0 Å². The van der Waals surface area contributed by atoms with Crippen molar-refractivity contribution in [3.63, 3.8) is 0 Å². The molecule has 2 N–H and O–H groups in total. The van der Waals surface area contributed by atoms with Crippen molar-refractivity contribution in [3.8, 4) is 22.8 Å². The number of benzene rings is 1. The summed E-state index contributed by atoms with van der Waals surface area (Å²) < 4.78 is 7.57. The first kappa shape index (κ1) is 14.2. The lowest BCUT2D eigenvalue weighted by Crippen LogP contribution is -2.34. The van der Waals surface area contributed by atoms with E-state index >= 15 is 0 Å². The van der Waals surface area contributed by atoms with E-state index in [1.165, 1.54) is 0 Å². The Labute approximate surface area is 135 Å². The molecule has 2 aromatic heterocycles. The summed E-state index contributed by atoms with van der Waals surface area (Å²) in [5.74, 6) is 1.16. The third kappa shape index (κ3) is 2.37. The second-order valence-electron chi connectivity index (χ2n) is 6.32. The molecule has 0 amide bonds. The second kappa shape index (κ2) is 5.35. The SMILES string of the molecule is Cn1c(-c2ccccc2)ccc1-c1nc(C2(N)CCCC2)no1. The summed E-state index contributed by atoms with van der Waals surface area (Å²) >= 11 is 0. The molecule has 1 aliphatic rings. The van der Waals surface area contributed by atoms with Crippen LogP contribution in [0.1, 0.15) is 31.5 Å². The van der Waals surface area contributed by atoms with E-state index in [0.29, 0.717) is 11.7 Å². The summed E-state index contributed by atoms with van der Waals surface area (Å²) in [6.07, 6.45) is 4.11. The first-order valence-electron chi connectivity index (χ1n) is 8.02. The Hall–Kier alpha value is -2.40. The standard InChI is InChI=1S/C18H20N4O/c1-22-14(13-7-3-2-4-8-13)9-10-15(22)16-20-17(21-23-16)18(19)11-5-6-12-18/h2-4,7-10H,5-6,11-12,19H2,1H3. The molecule has 0 aliphatic heterocycles. The van der Waals surface area contributed by atoms with Gasteiger partial charge in [-0.1, -0.05) is 48.3 Å². The van der Waals surface area contributed by atoms with Gasteiger partial charge in [-0.15, -0.1) is 0 Å². The van der Waals surface area contributed by atoms with Gasteiger partial charge in [0, 0.05) is 12.7 Å². The van der Waals surface area contributed by atoms with Gasteiger partial charge in [-0.3, -0.25) is 0 Å². The van der Waals surface area contributed by atoms with E-state index in [9.17, 15) is 0 Å². The third-order valence-corrected chi connectivity index (χ3v) is 4.78. The number of nitrogens with two attached hydrogens (primary N) is 1. The molecular weight excluding hydrogens is 288 g/mol. The van der Waals surface area contributed by atoms with E-state index in [1.807, 2.05) is 31.3 Å². The minimum atomic E-state index is -0.421. The molecule has 5 heteroatoms. The van der Waals surface area contributed by atoms with Crippen LogP contribution in [0.2, 0.25) is 0 Å². The van der Waals surface area contributed by atoms with Gasteiger partial charge in [0.15, 0.2) is 5.82 Å². The van der Waals surface area contributed by atoms with Crippen LogP contribution in [-0.2, 0) is 12.6 Å². The van der Waals surface area contributed by atoms with Crippen LogP contribution in [0.3, 0.4) is 0 Å². The molecule has 1 aromatic carbocycles. The normalized spacial score (nSPS) is 16.8. The maximum atomic E-state index is 6.41. The van der Waals surface area contributed by atoms with E-state index in [1.54, 1.807) is 0 Å². The van der Waals surface area contributed by atoms with Gasteiger partial charge in [-0.05, 0) is 30.5 Å². The van der Waals surface area contributed by atoms with Crippen molar-refractivity contribution < 1.29 is 4.52 Å². The molecule has 23 heavy (non-hydrogen) atoms. The zero-order chi connectivity index (χ0) is 15.9. The minimum Gasteiger partial charge on any atom is -0.340 e. The van der Waals surface area contributed by atoms with Crippen LogP contribution in [0.15, 0.2) is 47.0 Å². The minimum absolute atomic E-state index is 0.421. The zero-order valence-electron chi connectivity index (χ0n) is 13.2. The number of hydrogen-bond acceptors (Lipinski definition) is 4. The Morgan fingerprint density at radius 3 is 2.48 bits per heavy atom. The zero-order valence-corrected chi connectivity index (χ0v) is 13.2. The van der Waals surface area contributed by atoms with Gasteiger partial charge >= 0.3 is 0 Å². The molecule has 5 nitrogen and oxygen atoms in total. The molecular formula is C18H20N4O. The fraction of sp³-hybridized carbons (Fsp3) is 0.333. The highest BCUT2D eigenvalue weighted by Crippen LogP contribution is 2.36. The monoisotopic (exact) mass is 308 g/mol. The molecule has 0 unspecified atom stereocenters. The van der Waals surface area contributed by atoms with Crippen LogP contribution >= 0.6 is 0 Å². The lowest BCUT2D eigenvalue weighted by Gasteiger charge is -2.17. The second-order valence-corrected chi connectivity index (χ2v) is 6.32. The van der Waals surface area contributed by atoms with Gasteiger partial charge in [-0.2, -0.15) is 4.98 Å². The van der Waals surface area contributed by atoms with Crippen LogP contribution in [0.25, 0.3) is 22.8 Å². The summed E-state index contributed by atoms with van der Waals surface area (Å²) in [6, 6.07) is 14.3. The molecule has 1 fully saturated rings. The summed E-state index contributed by atoms with van der Waals surface area (Å²) in [4.78, 5) is 4.58. The summed E-state index contributed by atoms with van der Waals surface area (Å²) in [5.41, 5.74) is 9.17. The van der Waals surface area contributed by atoms with Gasteiger partial charge in [0.05, 0.1) is 5.54 Å². The van der Waals surface area contributed by atoms with Gasteiger partial charge in [0.2, 0.25) is 0 Å². The molecule has 118 valence electrons. The molecule has 1 saturated carbocycles. The smallest absolute Gasteiger partial charge is 0.274 e. The first-order chi connectivity index (χ1) is 11.2. The van der Waals surface area contributed by atoms with Gasteiger partial charge in [0.1, 0.15) is 5.69 Å². The highest BCUT2D eigenvalue weighted by Gasteiger charge is 2.36. The highest BCUT2D eigenvalue weighted by atomic mass is 16.5. The molecule has 0 atom stereocenters. The van der Waals surface area contributed by atoms with Crippen molar-refractivity contribution in [3.05, 3.63) is 48.3 Å². The number of aromatic nitrogens is 3. The van der Waals surface area contributed by atoms with E-state index in [2.05, 4.69) is 32.9 Å². The van der Waals surface area contributed by atoms with Gasteiger partial charge in [-0.25, -0.2) is 0 Å². The molecule has 2 heterocycles. The van der Waals surface area contributed by atoms with E-state index in [-0.39, 0.29) is 0 Å². The lowest BCUT2D eigenvalue weighted by molar-refractivity contribution is 0.372. The third-order valence-electron chi connectivity index (χ3n) is 4.78. The van der Waals surface area contributed by atoms with Crippen LogP contribution in [0.4, 0.5) is 0 Å². The van der Waals surface area contributed by atoms with Crippen LogP contribution < -0.4 is 5.73 Å². The van der Waals surface area contributed by atoms with Gasteiger partial charge < -0.3 is 14.8 Å². The van der Waals surface area contributed by atoms with Crippen molar-refractivity contribution in [2.24, 2.45) is 12.8 Å². The number of rotatable bonds is 3. The van der Waals surface area contributed by atoms with Crippen LogP contribution in [-0.4, -0.2) is 14.7 Å². The lowest BCUT2D eigenvalue weighted by atomic mass is 9.99. The molecule has 1 aliphatic carbocycles. The quantitative estimate of drug-likeness (QED) is 0.804. The number of nitrogens with zero attached hydrogens (tertiary/aromatic N) is 3. The molecule has 0 spiro atoms. The van der Waals surface area contributed by atoms with E-state index < -0.39 is 5.54 Å². The molecule has 3 aromatic rings. The predicted molar refractivity (Wildman–Crippen MR) is 88.5 cm³/mol. The van der Waals surface area contributed by atoms with Crippen LogP contribution in [0.5, 0.6) is 0 Å². The average Bonchev–Trinajstić information content (AvgIpc) is 3.28. The Bertz CT molecular complexity index is 813. The van der Waals surface area contributed by atoms with Crippen molar-refractivity contribution in [1.82, 2.24) is 14.7 Å². The molecule has 0 bridgehead atoms. The van der Waals surface area contributed by atoms with Crippen molar-refractivity contribution >= 4 is 0 Å². The Balaban J connectivity index is 1.70. The van der Waals surface area contributed by atoms with Crippen molar-refractivity contribution in [2.75, 3.05) is 0 Å². The Kier molecular flexibility index (Phi) is 3.31. The molecule has 0 radical (unpaired) electrons. The van der Waals surface area contributed by atoms with Gasteiger partial charge in [0.25, 0.3) is 5.89 Å². The molecule has 0 saturated heterocycles. The summed E-state index contributed by atoms with van der Waals surface area (Å²) in [6.45, 7) is 0. The number of hydrogen-bond donors (Lipinski definition) is 1. The average molecular weight is 308 g/mol. The fourth-order valence-electron chi connectivity index (χ4n) is 3.38. The first-order valence-corrected chi connectivity index (χ1v) is 8.02. The Morgan fingerprint density at radius 1 is 1.04 bits per heavy atom. The van der Waals surface area contributed by atoms with E-state index in [0.717, 1.165) is 42.6 Å². The van der Waals surface area contributed by atoms with Crippen molar-refractivity contribution in [2.45, 2.75) is 31.2 Å². The molecule has 4 rings (SSSR count). The Morgan fingerprint density at radius 2 is 1.74 bits per heavy atom. The largest absolute Gasteiger partial charge is 0.340 e. The fourth-order valence-corrected chi connectivity index (χ4v) is 3.38. The summed E-state index contributed by atoms with van der Waals surface area (Å²) in [7, 11) is 2.01. The van der Waals surface area contributed by atoms with E-state index in [4.69, 9.17) is 10.3 Å². The predicted octanol–water partition coefficient (Wildman–Crippen LogP) is 3.47. The maximum absolute atomic E-state index is 6.41.